The first kappa shape index (κ1) is 8.81. The number of nitrogens with zero attached hydrogens (tertiary/aromatic N) is 2. The normalized spacial score (nSPS) is 10.1. The van der Waals surface area contributed by atoms with E-state index in [2.05, 4.69) is 9.88 Å². The van der Waals surface area contributed by atoms with Crippen molar-refractivity contribution in [1.82, 2.24) is 4.98 Å². The third-order valence-corrected chi connectivity index (χ3v) is 2.06. The Morgan fingerprint density at radius 2 is 1.86 bits per heavy atom. The van der Waals surface area contributed by atoms with Crippen LogP contribution in [0.2, 0.25) is 0 Å². The number of rotatable bonds is 2. The Morgan fingerprint density at radius 1 is 1.14 bits per heavy atom. The maximum absolute atomic E-state index is 5.20. The first-order valence-electron chi connectivity index (χ1n) is 4.44. The predicted octanol–water partition coefficient (Wildman–Crippen LogP) is 2.41. The Kier molecular flexibility index (Phi) is 2.23. The van der Waals surface area contributed by atoms with Crippen LogP contribution >= 0.6 is 0 Å². The van der Waals surface area contributed by atoms with Crippen LogP contribution in [0.5, 0.6) is 0 Å². The van der Waals surface area contributed by atoms with Gasteiger partial charge in [0.2, 0.25) is 5.89 Å². The van der Waals surface area contributed by atoms with E-state index < -0.39 is 0 Å². The number of benzene rings is 1. The van der Waals surface area contributed by atoms with Crippen LogP contribution in [0.15, 0.2) is 41.1 Å². The van der Waals surface area contributed by atoms with Gasteiger partial charge in [0.1, 0.15) is 6.26 Å². The van der Waals surface area contributed by atoms with Crippen LogP contribution in [0, 0.1) is 0 Å². The second-order valence-electron chi connectivity index (χ2n) is 3.28. The smallest absolute Gasteiger partial charge is 0.225 e. The highest BCUT2D eigenvalue weighted by atomic mass is 16.3. The van der Waals surface area contributed by atoms with Crippen LogP contribution < -0.4 is 4.90 Å². The van der Waals surface area contributed by atoms with Crippen LogP contribution in [0.25, 0.3) is 11.5 Å². The number of hydrogen-bond donors (Lipinski definition) is 0. The largest absolute Gasteiger partial charge is 0.445 e. The topological polar surface area (TPSA) is 29.3 Å². The SMILES string of the molecule is CN(C)c1ccc(-c2ncco2)cc1. The van der Waals surface area contributed by atoms with Gasteiger partial charge in [-0.05, 0) is 24.3 Å². The van der Waals surface area contributed by atoms with E-state index in [1.54, 1.807) is 12.5 Å². The van der Waals surface area contributed by atoms with Gasteiger partial charge in [0.05, 0.1) is 6.20 Å². The summed E-state index contributed by atoms with van der Waals surface area (Å²) in [7, 11) is 4.03. The van der Waals surface area contributed by atoms with Gasteiger partial charge in [-0.1, -0.05) is 0 Å². The van der Waals surface area contributed by atoms with Crippen LogP contribution in [0.4, 0.5) is 5.69 Å². The molecule has 1 aromatic heterocycles. The zero-order chi connectivity index (χ0) is 9.97. The van der Waals surface area contributed by atoms with Crippen LogP contribution in [-0.2, 0) is 0 Å². The summed E-state index contributed by atoms with van der Waals surface area (Å²) in [6.07, 6.45) is 3.23. The second kappa shape index (κ2) is 3.54. The summed E-state index contributed by atoms with van der Waals surface area (Å²) in [5, 5.41) is 0. The molecule has 0 bridgehead atoms. The lowest BCUT2D eigenvalue weighted by molar-refractivity contribution is 0.574. The fourth-order valence-corrected chi connectivity index (χ4v) is 1.27. The van der Waals surface area contributed by atoms with Gasteiger partial charge < -0.3 is 9.32 Å². The lowest BCUT2D eigenvalue weighted by atomic mass is 10.2. The molecule has 0 atom stereocenters. The molecule has 0 aliphatic heterocycles. The van der Waals surface area contributed by atoms with Crippen molar-refractivity contribution in [2.45, 2.75) is 0 Å². The Labute approximate surface area is 83.0 Å². The van der Waals surface area contributed by atoms with Crippen molar-refractivity contribution in [3.8, 4) is 11.5 Å². The van der Waals surface area contributed by atoms with E-state index in [1.165, 1.54) is 5.69 Å². The molecule has 0 aliphatic carbocycles. The summed E-state index contributed by atoms with van der Waals surface area (Å²) in [6.45, 7) is 0. The van der Waals surface area contributed by atoms with Crippen molar-refractivity contribution in [1.29, 1.82) is 0 Å². The average Bonchev–Trinajstić information content (AvgIpc) is 2.71. The molecule has 2 rings (SSSR count). The third kappa shape index (κ3) is 1.62. The predicted molar refractivity (Wildman–Crippen MR) is 56.3 cm³/mol. The summed E-state index contributed by atoms with van der Waals surface area (Å²) in [4.78, 5) is 6.14. The molecule has 0 amide bonds. The van der Waals surface area contributed by atoms with Gasteiger partial charge in [0.15, 0.2) is 0 Å². The number of anilines is 1. The first-order chi connectivity index (χ1) is 6.77. The minimum Gasteiger partial charge on any atom is -0.445 e. The molecule has 0 fully saturated rings. The maximum Gasteiger partial charge on any atom is 0.225 e. The molecule has 3 nitrogen and oxygen atoms in total. The molecule has 0 radical (unpaired) electrons. The quantitative estimate of drug-likeness (QED) is 0.724. The second-order valence-corrected chi connectivity index (χ2v) is 3.28. The molecule has 1 heterocycles. The number of hydrogen-bond acceptors (Lipinski definition) is 3. The van der Waals surface area contributed by atoms with Gasteiger partial charge >= 0.3 is 0 Å². The minimum atomic E-state index is 0.662. The summed E-state index contributed by atoms with van der Waals surface area (Å²) in [5.74, 6) is 0.662. The molecule has 14 heavy (non-hydrogen) atoms. The highest BCUT2D eigenvalue weighted by molar-refractivity contribution is 5.58. The van der Waals surface area contributed by atoms with Crippen molar-refractivity contribution in [2.75, 3.05) is 19.0 Å². The van der Waals surface area contributed by atoms with Gasteiger partial charge in [-0.2, -0.15) is 0 Å². The zero-order valence-corrected chi connectivity index (χ0v) is 8.27. The van der Waals surface area contributed by atoms with Crippen molar-refractivity contribution < 1.29 is 4.42 Å². The fraction of sp³-hybridized carbons (Fsp3) is 0.182. The molecule has 3 heteroatoms. The highest BCUT2D eigenvalue weighted by Gasteiger charge is 2.01. The van der Waals surface area contributed by atoms with E-state index in [1.807, 2.05) is 38.4 Å². The summed E-state index contributed by atoms with van der Waals surface area (Å²) in [6, 6.07) is 8.08. The van der Waals surface area contributed by atoms with E-state index in [-0.39, 0.29) is 0 Å². The van der Waals surface area contributed by atoms with E-state index >= 15 is 0 Å². The van der Waals surface area contributed by atoms with E-state index in [9.17, 15) is 0 Å². The molecule has 0 saturated carbocycles. The molecule has 1 aromatic carbocycles. The van der Waals surface area contributed by atoms with Gasteiger partial charge in [-0.3, -0.25) is 0 Å². The minimum absolute atomic E-state index is 0.662. The lowest BCUT2D eigenvalue weighted by Gasteiger charge is -2.11. The highest BCUT2D eigenvalue weighted by Crippen LogP contribution is 2.20. The Hall–Kier alpha value is -1.77. The van der Waals surface area contributed by atoms with Gasteiger partial charge in [0.25, 0.3) is 0 Å². The molecule has 0 aliphatic rings. The fourth-order valence-electron chi connectivity index (χ4n) is 1.27. The number of aromatic nitrogens is 1. The molecule has 72 valence electrons. The van der Waals surface area contributed by atoms with Crippen molar-refractivity contribution in [2.24, 2.45) is 0 Å². The van der Waals surface area contributed by atoms with E-state index in [0.717, 1.165) is 5.56 Å². The van der Waals surface area contributed by atoms with E-state index in [4.69, 9.17) is 4.42 Å². The van der Waals surface area contributed by atoms with Crippen LogP contribution in [-0.4, -0.2) is 19.1 Å². The molecule has 0 N–H and O–H groups in total. The summed E-state index contributed by atoms with van der Waals surface area (Å²) >= 11 is 0. The van der Waals surface area contributed by atoms with E-state index in [0.29, 0.717) is 5.89 Å². The van der Waals surface area contributed by atoms with Crippen molar-refractivity contribution in [3.63, 3.8) is 0 Å². The van der Waals surface area contributed by atoms with Crippen LogP contribution in [0.3, 0.4) is 0 Å². The number of oxazole rings is 1. The summed E-state index contributed by atoms with van der Waals surface area (Å²) in [5.41, 5.74) is 2.17. The first-order valence-corrected chi connectivity index (χ1v) is 4.44. The van der Waals surface area contributed by atoms with Gasteiger partial charge in [0, 0.05) is 25.3 Å². The Morgan fingerprint density at radius 3 is 2.36 bits per heavy atom. The zero-order valence-electron chi connectivity index (χ0n) is 8.27. The Balaban J connectivity index is 2.31. The molecule has 0 saturated heterocycles. The standard InChI is InChI=1S/C11H12N2O/c1-13(2)10-5-3-9(4-6-10)11-12-7-8-14-11/h3-8H,1-2H3. The lowest BCUT2D eigenvalue weighted by Crippen LogP contribution is -2.07. The van der Waals surface area contributed by atoms with Crippen molar-refractivity contribution >= 4 is 5.69 Å². The van der Waals surface area contributed by atoms with Gasteiger partial charge in [-0.15, -0.1) is 0 Å². The Bertz CT molecular complexity index is 390. The monoisotopic (exact) mass is 188 g/mol. The molecule has 0 unspecified atom stereocenters. The molecule has 2 aromatic rings. The molecule has 0 spiro atoms. The van der Waals surface area contributed by atoms with Crippen molar-refractivity contribution in [3.05, 3.63) is 36.7 Å². The molecular formula is C11H12N2O. The van der Waals surface area contributed by atoms with Gasteiger partial charge in [-0.25, -0.2) is 4.98 Å². The average molecular weight is 188 g/mol. The summed E-state index contributed by atoms with van der Waals surface area (Å²) < 4.78 is 5.20. The van der Waals surface area contributed by atoms with Crippen LogP contribution in [0.1, 0.15) is 0 Å². The molecular weight excluding hydrogens is 176 g/mol. The third-order valence-electron chi connectivity index (χ3n) is 2.06. The maximum atomic E-state index is 5.20.